The Kier molecular flexibility index (Phi) is 4.62. The van der Waals surface area contributed by atoms with Gasteiger partial charge in [0, 0.05) is 62.6 Å². The van der Waals surface area contributed by atoms with Gasteiger partial charge in [0.1, 0.15) is 0 Å². The van der Waals surface area contributed by atoms with Gasteiger partial charge in [0.05, 0.1) is 5.92 Å². The molecule has 2 aromatic rings. The van der Waals surface area contributed by atoms with Crippen molar-refractivity contribution in [2.75, 3.05) is 36.8 Å². The molecule has 1 saturated heterocycles. The fourth-order valence-corrected chi connectivity index (χ4v) is 4.33. The summed E-state index contributed by atoms with van der Waals surface area (Å²) in [5, 5.41) is 0.704. The van der Waals surface area contributed by atoms with E-state index in [2.05, 4.69) is 19.9 Å². The molecular formula is C17H20N6O2S. The fraction of sp³-hybridized carbons (Fsp3) is 0.471. The second-order valence-electron chi connectivity index (χ2n) is 6.51. The molecule has 9 heteroatoms. The minimum absolute atomic E-state index is 0.0500. The molecule has 1 amide bonds. The van der Waals surface area contributed by atoms with Gasteiger partial charge in [-0.25, -0.2) is 15.0 Å². The zero-order valence-corrected chi connectivity index (χ0v) is 15.4. The minimum atomic E-state index is -0.187. The SMILES string of the molecule is Cc1cnc2n(c1=O)C[C@@H](C(=O)N1CCN(c3ncccn3)CC1)CS2. The number of hydrogen-bond donors (Lipinski definition) is 0. The number of thioether (sulfide) groups is 1. The Morgan fingerprint density at radius 1 is 1.15 bits per heavy atom. The van der Waals surface area contributed by atoms with Crippen LogP contribution in [-0.2, 0) is 11.3 Å². The lowest BCUT2D eigenvalue weighted by Gasteiger charge is -2.37. The number of fused-ring (bicyclic) bond motifs is 1. The topological polar surface area (TPSA) is 84.2 Å². The Labute approximate surface area is 155 Å². The highest BCUT2D eigenvalue weighted by Crippen LogP contribution is 2.26. The molecular weight excluding hydrogens is 352 g/mol. The molecule has 2 aliphatic heterocycles. The van der Waals surface area contributed by atoms with Crippen LogP contribution < -0.4 is 10.5 Å². The smallest absolute Gasteiger partial charge is 0.257 e. The summed E-state index contributed by atoms with van der Waals surface area (Å²) in [6, 6.07) is 1.79. The largest absolute Gasteiger partial charge is 0.339 e. The number of carbonyl (C=O) groups is 1. The summed E-state index contributed by atoms with van der Waals surface area (Å²) in [5.41, 5.74) is 0.560. The summed E-state index contributed by atoms with van der Waals surface area (Å²) in [6.07, 6.45) is 5.06. The lowest BCUT2D eigenvalue weighted by atomic mass is 10.1. The normalized spacial score (nSPS) is 20.0. The summed E-state index contributed by atoms with van der Waals surface area (Å²) in [4.78, 5) is 42.1. The number of anilines is 1. The van der Waals surface area contributed by atoms with Crippen molar-refractivity contribution < 1.29 is 4.79 Å². The summed E-state index contributed by atoms with van der Waals surface area (Å²) >= 11 is 1.48. The van der Waals surface area contributed by atoms with Gasteiger partial charge in [-0.05, 0) is 13.0 Å². The molecule has 8 nitrogen and oxygen atoms in total. The molecule has 1 fully saturated rings. The van der Waals surface area contributed by atoms with E-state index in [1.54, 1.807) is 36.1 Å². The fourth-order valence-electron chi connectivity index (χ4n) is 3.29. The van der Waals surface area contributed by atoms with Crippen molar-refractivity contribution in [3.05, 3.63) is 40.6 Å². The van der Waals surface area contributed by atoms with Crippen molar-refractivity contribution in [2.24, 2.45) is 5.92 Å². The van der Waals surface area contributed by atoms with Crippen molar-refractivity contribution in [3.63, 3.8) is 0 Å². The molecule has 0 unspecified atom stereocenters. The number of hydrogen-bond acceptors (Lipinski definition) is 7. The molecule has 0 N–H and O–H groups in total. The van der Waals surface area contributed by atoms with Crippen LogP contribution in [-0.4, -0.2) is 62.3 Å². The van der Waals surface area contributed by atoms with Crippen LogP contribution in [0.4, 0.5) is 5.95 Å². The zero-order valence-electron chi connectivity index (χ0n) is 14.5. The van der Waals surface area contributed by atoms with E-state index in [0.717, 1.165) is 0 Å². The molecule has 2 aromatic heterocycles. The Hall–Kier alpha value is -2.42. The van der Waals surface area contributed by atoms with Gasteiger partial charge in [-0.2, -0.15) is 0 Å². The minimum Gasteiger partial charge on any atom is -0.339 e. The third-order valence-corrected chi connectivity index (χ3v) is 5.93. The van der Waals surface area contributed by atoms with E-state index < -0.39 is 0 Å². The second-order valence-corrected chi connectivity index (χ2v) is 7.50. The molecule has 0 aliphatic carbocycles. The van der Waals surface area contributed by atoms with Crippen LogP contribution in [0.15, 0.2) is 34.6 Å². The van der Waals surface area contributed by atoms with Gasteiger partial charge in [-0.15, -0.1) is 0 Å². The van der Waals surface area contributed by atoms with E-state index in [4.69, 9.17) is 0 Å². The second kappa shape index (κ2) is 7.06. The third kappa shape index (κ3) is 3.18. The predicted molar refractivity (Wildman–Crippen MR) is 98.3 cm³/mol. The van der Waals surface area contributed by atoms with Crippen molar-refractivity contribution in [2.45, 2.75) is 18.6 Å². The highest BCUT2D eigenvalue weighted by Gasteiger charge is 2.32. The molecule has 0 saturated carbocycles. The maximum absolute atomic E-state index is 12.9. The van der Waals surface area contributed by atoms with Crippen LogP contribution in [0, 0.1) is 12.8 Å². The quantitative estimate of drug-likeness (QED) is 0.706. The average molecular weight is 372 g/mol. The summed E-state index contributed by atoms with van der Waals surface area (Å²) in [5.74, 6) is 1.30. The summed E-state index contributed by atoms with van der Waals surface area (Å²) < 4.78 is 1.64. The van der Waals surface area contributed by atoms with Crippen molar-refractivity contribution in [3.8, 4) is 0 Å². The monoisotopic (exact) mass is 372 g/mol. The van der Waals surface area contributed by atoms with Crippen molar-refractivity contribution in [1.29, 1.82) is 0 Å². The molecule has 26 heavy (non-hydrogen) atoms. The van der Waals surface area contributed by atoms with Gasteiger partial charge >= 0.3 is 0 Å². The van der Waals surface area contributed by atoms with Gasteiger partial charge in [-0.3, -0.25) is 14.2 Å². The van der Waals surface area contributed by atoms with E-state index in [1.165, 1.54) is 11.8 Å². The van der Waals surface area contributed by atoms with Gasteiger partial charge in [0.15, 0.2) is 5.16 Å². The average Bonchev–Trinajstić information content (AvgIpc) is 2.71. The molecule has 2 aliphatic rings. The number of nitrogens with zero attached hydrogens (tertiary/aromatic N) is 6. The standard InChI is InChI=1S/C17H20N6O2S/c1-12-9-20-17-23(14(12)24)10-13(11-26-17)15(25)21-5-7-22(8-6-21)16-18-3-2-4-19-16/h2-4,9,13H,5-8,10-11H2,1H3/t13-/m1/s1. The van der Waals surface area contributed by atoms with E-state index >= 15 is 0 Å². The Morgan fingerprint density at radius 2 is 1.88 bits per heavy atom. The van der Waals surface area contributed by atoms with Gasteiger partial charge in [0.25, 0.3) is 5.56 Å². The molecule has 0 spiro atoms. The van der Waals surface area contributed by atoms with E-state index in [1.807, 2.05) is 4.90 Å². The van der Waals surface area contributed by atoms with Gasteiger partial charge in [0.2, 0.25) is 11.9 Å². The predicted octanol–water partition coefficient (Wildman–Crippen LogP) is 0.412. The van der Waals surface area contributed by atoms with Crippen molar-refractivity contribution in [1.82, 2.24) is 24.4 Å². The zero-order chi connectivity index (χ0) is 18.1. The molecule has 0 radical (unpaired) electrons. The number of rotatable bonds is 2. The van der Waals surface area contributed by atoms with Crippen LogP contribution >= 0.6 is 11.8 Å². The number of piperazine rings is 1. The first kappa shape index (κ1) is 17.0. The molecule has 0 aromatic carbocycles. The molecule has 136 valence electrons. The van der Waals surface area contributed by atoms with Crippen LogP contribution in [0.1, 0.15) is 5.56 Å². The Morgan fingerprint density at radius 3 is 2.62 bits per heavy atom. The van der Waals surface area contributed by atoms with Gasteiger partial charge in [-0.1, -0.05) is 11.8 Å². The van der Waals surface area contributed by atoms with Crippen LogP contribution in [0.2, 0.25) is 0 Å². The maximum Gasteiger partial charge on any atom is 0.257 e. The molecule has 4 rings (SSSR count). The lowest BCUT2D eigenvalue weighted by Crippen LogP contribution is -2.52. The van der Waals surface area contributed by atoms with Crippen LogP contribution in [0.5, 0.6) is 0 Å². The Bertz CT molecular complexity index is 863. The van der Waals surface area contributed by atoms with Crippen LogP contribution in [0.3, 0.4) is 0 Å². The summed E-state index contributed by atoms with van der Waals surface area (Å²) in [6.45, 7) is 4.89. The van der Waals surface area contributed by atoms with Crippen molar-refractivity contribution >= 4 is 23.6 Å². The molecule has 0 bridgehead atoms. The highest BCUT2D eigenvalue weighted by molar-refractivity contribution is 7.99. The lowest BCUT2D eigenvalue weighted by molar-refractivity contribution is -0.135. The number of carbonyl (C=O) groups excluding carboxylic acids is 1. The first-order chi connectivity index (χ1) is 12.6. The first-order valence-electron chi connectivity index (χ1n) is 8.63. The van der Waals surface area contributed by atoms with Crippen LogP contribution in [0.25, 0.3) is 0 Å². The number of aromatic nitrogens is 4. The number of amides is 1. The maximum atomic E-state index is 12.9. The third-order valence-electron chi connectivity index (χ3n) is 4.77. The Balaban J connectivity index is 1.41. The van der Waals surface area contributed by atoms with E-state index in [9.17, 15) is 9.59 Å². The first-order valence-corrected chi connectivity index (χ1v) is 9.62. The summed E-state index contributed by atoms with van der Waals surface area (Å²) in [7, 11) is 0. The highest BCUT2D eigenvalue weighted by atomic mass is 32.2. The van der Waals surface area contributed by atoms with Gasteiger partial charge < -0.3 is 9.80 Å². The van der Waals surface area contributed by atoms with E-state index in [-0.39, 0.29) is 17.4 Å². The molecule has 4 heterocycles. The molecule has 1 atom stereocenters. The number of aryl methyl sites for hydroxylation is 1. The van der Waals surface area contributed by atoms with E-state index in [0.29, 0.717) is 55.1 Å².